The van der Waals surface area contributed by atoms with Gasteiger partial charge in [0.05, 0.1) is 11.2 Å². The second-order valence-electron chi connectivity index (χ2n) is 6.04. The molecule has 0 spiro atoms. The summed E-state index contributed by atoms with van der Waals surface area (Å²) in [6, 6.07) is 3.42. The highest BCUT2D eigenvalue weighted by Crippen LogP contribution is 2.23. The maximum atomic E-state index is 13.8. The number of nitrogens with two attached hydrogens (primary N) is 1. The van der Waals surface area contributed by atoms with Gasteiger partial charge in [0.2, 0.25) is 5.91 Å². The van der Waals surface area contributed by atoms with E-state index in [0.717, 1.165) is 18.6 Å². The Morgan fingerprint density at radius 2 is 1.87 bits per heavy atom. The van der Waals surface area contributed by atoms with E-state index in [1.165, 1.54) is 6.07 Å². The lowest BCUT2D eigenvalue weighted by Gasteiger charge is -2.39. The molecule has 2 rings (SSSR count). The topological polar surface area (TPSA) is 49.6 Å². The molecule has 1 aliphatic rings. The summed E-state index contributed by atoms with van der Waals surface area (Å²) in [5, 5.41) is 0. The lowest BCUT2D eigenvalue weighted by molar-refractivity contribution is -0.137. The Bertz CT molecular complexity index is 546. The lowest BCUT2D eigenvalue weighted by Crippen LogP contribution is -2.58. The molecule has 1 fully saturated rings. The smallest absolute Gasteiger partial charge is 0.242 e. The highest BCUT2D eigenvalue weighted by atomic mass is 35.5. The van der Waals surface area contributed by atoms with Crippen molar-refractivity contribution < 1.29 is 13.6 Å². The van der Waals surface area contributed by atoms with Gasteiger partial charge in [-0.25, -0.2) is 8.78 Å². The number of piperazine rings is 1. The number of rotatable bonds is 4. The van der Waals surface area contributed by atoms with Crippen molar-refractivity contribution in [1.82, 2.24) is 4.90 Å². The normalized spacial score (nSPS) is 17.4. The minimum absolute atomic E-state index is 0. The molecule has 0 saturated carbocycles. The number of benzene rings is 1. The summed E-state index contributed by atoms with van der Waals surface area (Å²) in [5.74, 6) is -0.989. The van der Waals surface area contributed by atoms with Gasteiger partial charge in [-0.15, -0.1) is 12.4 Å². The van der Waals surface area contributed by atoms with Crippen LogP contribution in [0.2, 0.25) is 0 Å². The van der Waals surface area contributed by atoms with Gasteiger partial charge in [0.1, 0.15) is 11.6 Å². The van der Waals surface area contributed by atoms with Crippen molar-refractivity contribution in [3.05, 3.63) is 29.8 Å². The van der Waals surface area contributed by atoms with Gasteiger partial charge in [0.15, 0.2) is 0 Å². The molecule has 1 aromatic carbocycles. The van der Waals surface area contributed by atoms with E-state index in [4.69, 9.17) is 5.73 Å². The summed E-state index contributed by atoms with van der Waals surface area (Å²) >= 11 is 0. The second kappa shape index (κ2) is 7.93. The fourth-order valence-electron chi connectivity index (χ4n) is 2.87. The van der Waals surface area contributed by atoms with Crippen LogP contribution in [0, 0.1) is 11.6 Å². The van der Waals surface area contributed by atoms with Crippen molar-refractivity contribution in [1.29, 1.82) is 0 Å². The summed E-state index contributed by atoms with van der Waals surface area (Å²) in [6.07, 6.45) is 1.47. The first-order valence-corrected chi connectivity index (χ1v) is 7.63. The number of anilines is 1. The first kappa shape index (κ1) is 19.6. The molecule has 1 amide bonds. The van der Waals surface area contributed by atoms with Crippen LogP contribution in [0.15, 0.2) is 18.2 Å². The molecule has 130 valence electrons. The standard InChI is InChI=1S/C16H23F2N3O.ClH/c1-3-6-16(2,19)15(22)21-9-7-20(8-10-21)14-11-12(17)4-5-13(14)18;/h4-5,11H,3,6-10,19H2,1-2H3;1H. The molecular formula is C16H24ClF2N3O. The van der Waals surface area contributed by atoms with Gasteiger partial charge in [-0.3, -0.25) is 4.79 Å². The van der Waals surface area contributed by atoms with Gasteiger partial charge in [-0.1, -0.05) is 13.3 Å². The third-order valence-corrected chi connectivity index (χ3v) is 4.07. The van der Waals surface area contributed by atoms with Gasteiger partial charge in [-0.2, -0.15) is 0 Å². The van der Waals surface area contributed by atoms with Crippen LogP contribution in [-0.2, 0) is 4.79 Å². The summed E-state index contributed by atoms with van der Waals surface area (Å²) < 4.78 is 27.1. The molecule has 1 atom stereocenters. The van der Waals surface area contributed by atoms with Crippen LogP contribution in [0.4, 0.5) is 14.5 Å². The largest absolute Gasteiger partial charge is 0.366 e. The summed E-state index contributed by atoms with van der Waals surface area (Å²) in [5.41, 5.74) is 5.46. The highest BCUT2D eigenvalue weighted by molar-refractivity contribution is 5.86. The van der Waals surface area contributed by atoms with Crippen LogP contribution in [0.5, 0.6) is 0 Å². The van der Waals surface area contributed by atoms with Crippen molar-refractivity contribution in [2.75, 3.05) is 31.1 Å². The fourth-order valence-corrected chi connectivity index (χ4v) is 2.87. The van der Waals surface area contributed by atoms with Crippen LogP contribution in [0.25, 0.3) is 0 Å². The summed E-state index contributed by atoms with van der Waals surface area (Å²) in [7, 11) is 0. The van der Waals surface area contributed by atoms with E-state index < -0.39 is 17.2 Å². The van der Waals surface area contributed by atoms with E-state index in [9.17, 15) is 13.6 Å². The van der Waals surface area contributed by atoms with E-state index >= 15 is 0 Å². The SMILES string of the molecule is CCCC(C)(N)C(=O)N1CCN(c2cc(F)ccc2F)CC1.Cl. The molecule has 1 saturated heterocycles. The quantitative estimate of drug-likeness (QED) is 0.910. The van der Waals surface area contributed by atoms with Crippen LogP contribution < -0.4 is 10.6 Å². The Kier molecular flexibility index (Phi) is 6.77. The fraction of sp³-hybridized carbons (Fsp3) is 0.562. The average molecular weight is 348 g/mol. The number of amides is 1. The van der Waals surface area contributed by atoms with Crippen molar-refractivity contribution in [3.8, 4) is 0 Å². The maximum absolute atomic E-state index is 13.8. The van der Waals surface area contributed by atoms with E-state index in [-0.39, 0.29) is 24.0 Å². The van der Waals surface area contributed by atoms with E-state index in [0.29, 0.717) is 32.6 Å². The highest BCUT2D eigenvalue weighted by Gasteiger charge is 2.33. The van der Waals surface area contributed by atoms with Gasteiger partial charge in [0, 0.05) is 32.2 Å². The molecule has 23 heavy (non-hydrogen) atoms. The maximum Gasteiger partial charge on any atom is 0.242 e. The number of halogens is 3. The molecular weight excluding hydrogens is 324 g/mol. The third kappa shape index (κ3) is 4.54. The molecule has 1 aromatic rings. The number of carbonyl (C=O) groups excluding carboxylic acids is 1. The predicted molar refractivity (Wildman–Crippen MR) is 89.9 cm³/mol. The molecule has 0 radical (unpaired) electrons. The van der Waals surface area contributed by atoms with E-state index in [1.54, 1.807) is 16.7 Å². The monoisotopic (exact) mass is 347 g/mol. The number of hydrogen-bond donors (Lipinski definition) is 1. The molecule has 2 N–H and O–H groups in total. The lowest BCUT2D eigenvalue weighted by atomic mass is 9.95. The molecule has 1 aliphatic heterocycles. The first-order chi connectivity index (χ1) is 10.3. The number of carbonyl (C=O) groups is 1. The molecule has 4 nitrogen and oxygen atoms in total. The van der Waals surface area contributed by atoms with Crippen molar-refractivity contribution in [2.45, 2.75) is 32.2 Å². The Balaban J connectivity index is 0.00000264. The Morgan fingerprint density at radius 1 is 1.26 bits per heavy atom. The zero-order valence-electron chi connectivity index (χ0n) is 13.5. The minimum Gasteiger partial charge on any atom is -0.366 e. The minimum atomic E-state index is -0.860. The van der Waals surface area contributed by atoms with Crippen LogP contribution in [0.3, 0.4) is 0 Å². The summed E-state index contributed by atoms with van der Waals surface area (Å²) in [6.45, 7) is 5.60. The molecule has 1 unspecified atom stereocenters. The molecule has 7 heteroatoms. The van der Waals surface area contributed by atoms with Crippen molar-refractivity contribution in [3.63, 3.8) is 0 Å². The molecule has 0 aromatic heterocycles. The van der Waals surface area contributed by atoms with Crippen molar-refractivity contribution in [2.24, 2.45) is 5.73 Å². The van der Waals surface area contributed by atoms with Crippen LogP contribution in [-0.4, -0.2) is 42.5 Å². The van der Waals surface area contributed by atoms with Gasteiger partial charge in [0.25, 0.3) is 0 Å². The van der Waals surface area contributed by atoms with Gasteiger partial charge in [-0.05, 0) is 25.5 Å². The van der Waals surface area contributed by atoms with Crippen LogP contribution >= 0.6 is 12.4 Å². The Hall–Kier alpha value is -1.40. The average Bonchev–Trinajstić information content (AvgIpc) is 2.49. The van der Waals surface area contributed by atoms with E-state index in [1.807, 2.05) is 6.92 Å². The number of hydrogen-bond acceptors (Lipinski definition) is 3. The predicted octanol–water partition coefficient (Wildman–Crippen LogP) is 2.55. The van der Waals surface area contributed by atoms with Gasteiger partial charge >= 0.3 is 0 Å². The summed E-state index contributed by atoms with van der Waals surface area (Å²) in [4.78, 5) is 15.9. The Labute approximate surface area is 142 Å². The van der Waals surface area contributed by atoms with Gasteiger partial charge < -0.3 is 15.5 Å². The third-order valence-electron chi connectivity index (χ3n) is 4.07. The van der Waals surface area contributed by atoms with Crippen LogP contribution in [0.1, 0.15) is 26.7 Å². The number of nitrogens with zero attached hydrogens (tertiary/aromatic N) is 2. The molecule has 0 bridgehead atoms. The van der Waals surface area contributed by atoms with E-state index in [2.05, 4.69) is 0 Å². The zero-order valence-corrected chi connectivity index (χ0v) is 14.3. The molecule has 1 heterocycles. The second-order valence-corrected chi connectivity index (χ2v) is 6.04. The van der Waals surface area contributed by atoms with Crippen molar-refractivity contribution >= 4 is 24.0 Å². The first-order valence-electron chi connectivity index (χ1n) is 7.63. The Morgan fingerprint density at radius 3 is 2.43 bits per heavy atom. The zero-order chi connectivity index (χ0) is 16.3. The molecule has 0 aliphatic carbocycles.